The highest BCUT2D eigenvalue weighted by Crippen LogP contribution is 2.23. The Balaban J connectivity index is 1.68. The summed E-state index contributed by atoms with van der Waals surface area (Å²) < 4.78 is 1.81. The Morgan fingerprint density at radius 1 is 1.00 bits per heavy atom. The van der Waals surface area contributed by atoms with E-state index in [-0.39, 0.29) is 5.91 Å². The molecular weight excluding hydrogens is 359 g/mol. The zero-order valence-corrected chi connectivity index (χ0v) is 14.6. The Bertz CT molecular complexity index is 1140. The van der Waals surface area contributed by atoms with Crippen LogP contribution in [-0.4, -0.2) is 20.4 Å². The van der Waals surface area contributed by atoms with Crippen LogP contribution < -0.4 is 5.32 Å². The third kappa shape index (κ3) is 2.92. The Morgan fingerprint density at radius 2 is 1.84 bits per heavy atom. The predicted molar refractivity (Wildman–Crippen MR) is 100 cm³/mol. The number of halogens is 2. The molecule has 0 aliphatic carbocycles. The fourth-order valence-electron chi connectivity index (χ4n) is 2.70. The Hall–Kier alpha value is -2.63. The molecule has 0 fully saturated rings. The van der Waals surface area contributed by atoms with Gasteiger partial charge in [0, 0.05) is 23.0 Å². The number of fused-ring (bicyclic) bond motifs is 2. The van der Waals surface area contributed by atoms with Crippen molar-refractivity contribution in [3.8, 4) is 0 Å². The van der Waals surface area contributed by atoms with Crippen LogP contribution in [0.2, 0.25) is 10.2 Å². The van der Waals surface area contributed by atoms with Gasteiger partial charge in [0.15, 0.2) is 0 Å². The van der Waals surface area contributed by atoms with Gasteiger partial charge >= 0.3 is 0 Å². The normalized spacial score (nSPS) is 11.2. The number of hydrogen-bond donors (Lipinski definition) is 1. The molecular formula is C18H12Cl2N4O. The van der Waals surface area contributed by atoms with Gasteiger partial charge in [0.2, 0.25) is 5.95 Å². The van der Waals surface area contributed by atoms with E-state index in [1.54, 1.807) is 36.4 Å². The smallest absolute Gasteiger partial charge is 0.257 e. The summed E-state index contributed by atoms with van der Waals surface area (Å²) in [6, 6.07) is 14.2. The number of pyridine rings is 1. The van der Waals surface area contributed by atoms with Crippen LogP contribution >= 0.6 is 23.2 Å². The quantitative estimate of drug-likeness (QED) is 0.521. The van der Waals surface area contributed by atoms with Crippen molar-refractivity contribution in [1.82, 2.24) is 14.5 Å². The first-order chi connectivity index (χ1) is 12.0. The van der Waals surface area contributed by atoms with Crippen molar-refractivity contribution in [1.29, 1.82) is 0 Å². The molecule has 2 heterocycles. The lowest BCUT2D eigenvalue weighted by atomic mass is 10.1. The number of aromatic nitrogens is 3. The van der Waals surface area contributed by atoms with Crippen molar-refractivity contribution in [3.05, 3.63) is 64.3 Å². The van der Waals surface area contributed by atoms with Gasteiger partial charge in [-0.15, -0.1) is 0 Å². The van der Waals surface area contributed by atoms with Crippen molar-refractivity contribution < 1.29 is 4.79 Å². The monoisotopic (exact) mass is 370 g/mol. The van der Waals surface area contributed by atoms with E-state index in [0.717, 1.165) is 21.9 Å². The average molecular weight is 371 g/mol. The third-order valence-corrected chi connectivity index (χ3v) is 4.43. The summed E-state index contributed by atoms with van der Waals surface area (Å²) in [5.74, 6) is 0.206. The van der Waals surface area contributed by atoms with Crippen molar-refractivity contribution in [2.45, 2.75) is 0 Å². The topological polar surface area (TPSA) is 59.8 Å². The van der Waals surface area contributed by atoms with Crippen molar-refractivity contribution in [2.24, 2.45) is 7.05 Å². The van der Waals surface area contributed by atoms with Gasteiger partial charge in [0.1, 0.15) is 5.15 Å². The van der Waals surface area contributed by atoms with E-state index in [1.165, 1.54) is 0 Å². The lowest BCUT2D eigenvalue weighted by molar-refractivity contribution is 0.102. The number of imidazole rings is 1. The Morgan fingerprint density at radius 3 is 2.68 bits per heavy atom. The second-order valence-electron chi connectivity index (χ2n) is 5.62. The number of aryl methyl sites for hydroxylation is 1. The van der Waals surface area contributed by atoms with E-state index in [2.05, 4.69) is 15.3 Å². The molecule has 0 bridgehead atoms. The highest BCUT2D eigenvalue weighted by Gasteiger charge is 2.13. The minimum atomic E-state index is -0.249. The van der Waals surface area contributed by atoms with Crippen molar-refractivity contribution >= 4 is 57.0 Å². The standard InChI is InChI=1S/C18H12Cl2N4O/c1-24-15-6-4-12(19)9-14(15)22-18(24)23-17(25)11-2-5-13-10(8-11)3-7-16(20)21-13/h2-9H,1H3,(H,22,23,25). The predicted octanol–water partition coefficient (Wildman–Crippen LogP) is 4.68. The molecule has 4 aromatic rings. The molecule has 124 valence electrons. The number of anilines is 1. The largest absolute Gasteiger partial charge is 0.313 e. The van der Waals surface area contributed by atoms with Gasteiger partial charge in [-0.3, -0.25) is 10.1 Å². The number of amides is 1. The summed E-state index contributed by atoms with van der Waals surface area (Å²) in [6.07, 6.45) is 0. The zero-order valence-electron chi connectivity index (χ0n) is 13.1. The maximum absolute atomic E-state index is 12.6. The van der Waals surface area contributed by atoms with Crippen LogP contribution in [0, 0.1) is 0 Å². The lowest BCUT2D eigenvalue weighted by Crippen LogP contribution is -2.15. The average Bonchev–Trinajstić information content (AvgIpc) is 2.89. The van der Waals surface area contributed by atoms with Crippen LogP contribution in [0.1, 0.15) is 10.4 Å². The molecule has 1 amide bonds. The van der Waals surface area contributed by atoms with Crippen molar-refractivity contribution in [3.63, 3.8) is 0 Å². The molecule has 0 aliphatic rings. The molecule has 0 atom stereocenters. The van der Waals surface area contributed by atoms with Gasteiger partial charge in [-0.25, -0.2) is 9.97 Å². The van der Waals surface area contributed by atoms with E-state index in [1.807, 2.05) is 23.7 Å². The van der Waals surface area contributed by atoms with E-state index in [4.69, 9.17) is 23.2 Å². The summed E-state index contributed by atoms with van der Waals surface area (Å²) in [4.78, 5) is 21.2. The first-order valence-corrected chi connectivity index (χ1v) is 8.26. The second-order valence-corrected chi connectivity index (χ2v) is 6.45. The molecule has 0 spiro atoms. The van der Waals surface area contributed by atoms with E-state index < -0.39 is 0 Å². The highest BCUT2D eigenvalue weighted by molar-refractivity contribution is 6.31. The minimum absolute atomic E-state index is 0.249. The number of rotatable bonds is 2. The summed E-state index contributed by atoms with van der Waals surface area (Å²) in [5, 5.41) is 4.70. The molecule has 4 rings (SSSR count). The van der Waals surface area contributed by atoms with Gasteiger partial charge < -0.3 is 4.57 Å². The number of carbonyl (C=O) groups excluding carboxylic acids is 1. The van der Waals surface area contributed by atoms with Gasteiger partial charge in [-0.2, -0.15) is 0 Å². The van der Waals surface area contributed by atoms with E-state index in [9.17, 15) is 4.79 Å². The molecule has 2 aromatic heterocycles. The maximum atomic E-state index is 12.6. The molecule has 0 saturated heterocycles. The molecule has 7 heteroatoms. The van der Waals surface area contributed by atoms with Gasteiger partial charge in [-0.05, 0) is 48.5 Å². The third-order valence-electron chi connectivity index (χ3n) is 3.99. The van der Waals surface area contributed by atoms with Gasteiger partial charge in [-0.1, -0.05) is 23.2 Å². The second kappa shape index (κ2) is 6.02. The summed E-state index contributed by atoms with van der Waals surface area (Å²) in [7, 11) is 1.84. The number of benzene rings is 2. The Labute approximate surface area is 153 Å². The van der Waals surface area contributed by atoms with Crippen LogP contribution in [0.4, 0.5) is 5.95 Å². The van der Waals surface area contributed by atoms with E-state index in [0.29, 0.717) is 21.7 Å². The number of nitrogens with zero attached hydrogens (tertiary/aromatic N) is 3. The van der Waals surface area contributed by atoms with Crippen molar-refractivity contribution in [2.75, 3.05) is 5.32 Å². The molecule has 2 aromatic carbocycles. The minimum Gasteiger partial charge on any atom is -0.313 e. The zero-order chi connectivity index (χ0) is 17.6. The molecule has 5 nitrogen and oxygen atoms in total. The van der Waals surface area contributed by atoms with Crippen LogP contribution in [0.5, 0.6) is 0 Å². The number of nitrogens with one attached hydrogen (secondary N) is 1. The summed E-state index contributed by atoms with van der Waals surface area (Å²) in [6.45, 7) is 0. The maximum Gasteiger partial charge on any atom is 0.257 e. The molecule has 1 N–H and O–H groups in total. The Kier molecular flexibility index (Phi) is 3.82. The van der Waals surface area contributed by atoms with Crippen LogP contribution in [0.15, 0.2) is 48.5 Å². The van der Waals surface area contributed by atoms with Crippen LogP contribution in [0.3, 0.4) is 0 Å². The highest BCUT2D eigenvalue weighted by atomic mass is 35.5. The molecule has 0 aliphatic heterocycles. The van der Waals surface area contributed by atoms with Crippen LogP contribution in [0.25, 0.3) is 21.9 Å². The lowest BCUT2D eigenvalue weighted by Gasteiger charge is -2.06. The number of carbonyl (C=O) groups is 1. The number of hydrogen-bond acceptors (Lipinski definition) is 3. The first kappa shape index (κ1) is 15.9. The van der Waals surface area contributed by atoms with Gasteiger partial charge in [0.05, 0.1) is 16.6 Å². The summed E-state index contributed by atoms with van der Waals surface area (Å²) in [5.41, 5.74) is 2.86. The molecule has 0 radical (unpaired) electrons. The fourth-order valence-corrected chi connectivity index (χ4v) is 3.02. The van der Waals surface area contributed by atoms with Gasteiger partial charge in [0.25, 0.3) is 5.91 Å². The SMILES string of the molecule is Cn1c(NC(=O)c2ccc3nc(Cl)ccc3c2)nc2cc(Cl)ccc21. The fraction of sp³-hybridized carbons (Fsp3) is 0.0556. The first-order valence-electron chi connectivity index (χ1n) is 7.51. The molecule has 25 heavy (non-hydrogen) atoms. The molecule has 0 saturated carbocycles. The van der Waals surface area contributed by atoms with Crippen LogP contribution in [-0.2, 0) is 7.05 Å². The molecule has 0 unspecified atom stereocenters. The summed E-state index contributed by atoms with van der Waals surface area (Å²) >= 11 is 11.9. The van der Waals surface area contributed by atoms with E-state index >= 15 is 0 Å².